The quantitative estimate of drug-likeness (QED) is 0.586. The van der Waals surface area contributed by atoms with Crippen LogP contribution in [-0.2, 0) is 13.6 Å². The van der Waals surface area contributed by atoms with Gasteiger partial charge in [0.2, 0.25) is 0 Å². The molecule has 0 bridgehead atoms. The lowest BCUT2D eigenvalue weighted by atomic mass is 10.4. The molecule has 3 nitrogen and oxygen atoms in total. The molecule has 0 aliphatic rings. The molecule has 0 aliphatic heterocycles. The number of aryl methyl sites for hydroxylation is 1. The summed E-state index contributed by atoms with van der Waals surface area (Å²) in [5.41, 5.74) is 0. The lowest BCUT2D eigenvalue weighted by Crippen LogP contribution is -2.19. The monoisotopic (exact) mass is 211 g/mol. The molecule has 0 saturated carbocycles. The van der Waals surface area contributed by atoms with Gasteiger partial charge >= 0.3 is 0 Å². The summed E-state index contributed by atoms with van der Waals surface area (Å²) in [5, 5.41) is 0. The minimum absolute atomic E-state index is 0.802. The Morgan fingerprint density at radius 2 is 2.36 bits per heavy atom. The molecule has 14 heavy (non-hydrogen) atoms. The molecule has 0 amide bonds. The summed E-state index contributed by atoms with van der Waals surface area (Å²) in [4.78, 5) is 6.48. The predicted molar refractivity (Wildman–Crippen MR) is 62.5 cm³/mol. The number of rotatable bonds is 5. The highest BCUT2D eigenvalue weighted by atomic mass is 32.1. The zero-order valence-electron chi connectivity index (χ0n) is 8.72. The molecular weight excluding hydrogens is 194 g/mol. The first kappa shape index (κ1) is 11.3. The molecule has 0 aliphatic carbocycles. The van der Waals surface area contributed by atoms with Crippen LogP contribution in [0.15, 0.2) is 24.5 Å². The van der Waals surface area contributed by atoms with Crippen LogP contribution >= 0.6 is 12.6 Å². The van der Waals surface area contributed by atoms with E-state index in [-0.39, 0.29) is 0 Å². The molecule has 78 valence electrons. The minimum Gasteiger partial charge on any atom is -0.337 e. The normalized spacial score (nSPS) is 11.7. The molecule has 0 atom stereocenters. The van der Waals surface area contributed by atoms with Crippen molar-refractivity contribution in [3.8, 4) is 0 Å². The zero-order chi connectivity index (χ0) is 10.4. The Morgan fingerprint density at radius 3 is 2.93 bits per heavy atom. The fourth-order valence-electron chi connectivity index (χ4n) is 1.18. The summed E-state index contributed by atoms with van der Waals surface area (Å²) in [6, 6.07) is 0. The van der Waals surface area contributed by atoms with E-state index in [0.29, 0.717) is 0 Å². The van der Waals surface area contributed by atoms with E-state index in [9.17, 15) is 0 Å². The second-order valence-corrected chi connectivity index (χ2v) is 3.67. The second kappa shape index (κ2) is 5.88. The molecule has 0 radical (unpaired) electrons. The first-order chi connectivity index (χ1) is 6.74. The Balaban J connectivity index is 2.37. The Bertz CT molecular complexity index is 293. The van der Waals surface area contributed by atoms with E-state index in [0.717, 1.165) is 24.7 Å². The van der Waals surface area contributed by atoms with Crippen molar-refractivity contribution in [3.63, 3.8) is 0 Å². The number of hydrogen-bond donors (Lipinski definition) is 1. The molecule has 0 aromatic carbocycles. The molecule has 0 spiro atoms. The molecule has 0 saturated heterocycles. The lowest BCUT2D eigenvalue weighted by molar-refractivity contribution is 0.348. The van der Waals surface area contributed by atoms with Crippen LogP contribution in [0.5, 0.6) is 0 Å². The molecular formula is C10H17N3S. The molecule has 4 heteroatoms. The van der Waals surface area contributed by atoms with Gasteiger partial charge in [-0.2, -0.15) is 12.6 Å². The first-order valence-corrected chi connectivity index (χ1v) is 5.28. The minimum atomic E-state index is 0.802. The maximum absolute atomic E-state index is 4.27. The van der Waals surface area contributed by atoms with Crippen molar-refractivity contribution in [1.82, 2.24) is 14.5 Å². The van der Waals surface area contributed by atoms with Gasteiger partial charge in [0.15, 0.2) is 0 Å². The highest BCUT2D eigenvalue weighted by Crippen LogP contribution is 1.98. The average molecular weight is 211 g/mol. The van der Waals surface area contributed by atoms with Gasteiger partial charge in [0.1, 0.15) is 5.82 Å². The van der Waals surface area contributed by atoms with Crippen LogP contribution < -0.4 is 0 Å². The standard InChI is InChI=1S/C10H17N3S/c1-12(6-3-4-8-14)9-10-11-5-7-13(10)2/h3-5,7,14H,6,8-9H2,1-2H3. The van der Waals surface area contributed by atoms with Gasteiger partial charge < -0.3 is 4.57 Å². The Hall–Kier alpha value is -0.740. The van der Waals surface area contributed by atoms with Crippen molar-refractivity contribution in [2.45, 2.75) is 6.54 Å². The lowest BCUT2D eigenvalue weighted by Gasteiger charge is -2.13. The van der Waals surface area contributed by atoms with Crippen LogP contribution in [0.3, 0.4) is 0 Å². The third kappa shape index (κ3) is 3.55. The van der Waals surface area contributed by atoms with Crippen LogP contribution in [-0.4, -0.2) is 33.8 Å². The van der Waals surface area contributed by atoms with Crippen LogP contribution in [0.25, 0.3) is 0 Å². The summed E-state index contributed by atoms with van der Waals surface area (Å²) < 4.78 is 2.04. The van der Waals surface area contributed by atoms with Crippen molar-refractivity contribution in [3.05, 3.63) is 30.4 Å². The fourth-order valence-corrected chi connectivity index (χ4v) is 1.33. The van der Waals surface area contributed by atoms with E-state index < -0.39 is 0 Å². The van der Waals surface area contributed by atoms with Crippen molar-refractivity contribution < 1.29 is 0 Å². The Morgan fingerprint density at radius 1 is 1.57 bits per heavy atom. The Kier molecular flexibility index (Phi) is 4.76. The highest BCUT2D eigenvalue weighted by Gasteiger charge is 2.01. The third-order valence-electron chi connectivity index (χ3n) is 2.02. The van der Waals surface area contributed by atoms with Crippen LogP contribution in [0, 0.1) is 0 Å². The number of nitrogens with zero attached hydrogens (tertiary/aromatic N) is 3. The molecule has 1 aromatic rings. The maximum atomic E-state index is 4.27. The van der Waals surface area contributed by atoms with Crippen LogP contribution in [0.2, 0.25) is 0 Å². The summed E-state index contributed by atoms with van der Waals surface area (Å²) in [6.45, 7) is 1.81. The SMILES string of the molecule is CN(CC=CCS)Cc1nccn1C. The van der Waals surface area contributed by atoms with Crippen molar-refractivity contribution >= 4 is 12.6 Å². The first-order valence-electron chi connectivity index (χ1n) is 4.64. The number of likely N-dealkylation sites (N-methyl/N-ethyl adjacent to an activating group) is 1. The fraction of sp³-hybridized carbons (Fsp3) is 0.500. The van der Waals surface area contributed by atoms with E-state index in [2.05, 4.69) is 41.7 Å². The summed E-state index contributed by atoms with van der Waals surface area (Å²) in [7, 11) is 4.09. The molecule has 0 N–H and O–H groups in total. The largest absolute Gasteiger partial charge is 0.337 e. The summed E-state index contributed by atoms with van der Waals surface area (Å²) in [5.74, 6) is 1.89. The van der Waals surface area contributed by atoms with Crippen molar-refractivity contribution in [1.29, 1.82) is 0 Å². The third-order valence-corrected chi connectivity index (χ3v) is 2.23. The van der Waals surface area contributed by atoms with Gasteiger partial charge in [0, 0.05) is 31.7 Å². The topological polar surface area (TPSA) is 21.1 Å². The van der Waals surface area contributed by atoms with Gasteiger partial charge in [-0.1, -0.05) is 12.2 Å². The van der Waals surface area contributed by atoms with Gasteiger partial charge in [-0.15, -0.1) is 0 Å². The van der Waals surface area contributed by atoms with Gasteiger partial charge in [-0.3, -0.25) is 4.90 Å². The van der Waals surface area contributed by atoms with Gasteiger partial charge in [-0.25, -0.2) is 4.98 Å². The number of aromatic nitrogens is 2. The van der Waals surface area contributed by atoms with Crippen molar-refractivity contribution in [2.75, 3.05) is 19.3 Å². The summed E-state index contributed by atoms with van der Waals surface area (Å²) in [6.07, 6.45) is 7.97. The zero-order valence-corrected chi connectivity index (χ0v) is 9.61. The number of imidazole rings is 1. The molecule has 0 fully saturated rings. The van der Waals surface area contributed by atoms with Crippen LogP contribution in [0.1, 0.15) is 5.82 Å². The van der Waals surface area contributed by atoms with E-state index in [4.69, 9.17) is 0 Å². The molecule has 1 heterocycles. The maximum Gasteiger partial charge on any atom is 0.122 e. The smallest absolute Gasteiger partial charge is 0.122 e. The molecule has 1 rings (SSSR count). The molecule has 1 aromatic heterocycles. The summed E-state index contributed by atoms with van der Waals surface area (Å²) >= 11 is 4.11. The van der Waals surface area contributed by atoms with Gasteiger partial charge in [0.05, 0.1) is 6.54 Å². The average Bonchev–Trinajstić information content (AvgIpc) is 2.52. The van der Waals surface area contributed by atoms with E-state index >= 15 is 0 Å². The van der Waals surface area contributed by atoms with E-state index in [1.807, 2.05) is 24.0 Å². The number of hydrogen-bond acceptors (Lipinski definition) is 3. The van der Waals surface area contributed by atoms with E-state index in [1.165, 1.54) is 0 Å². The van der Waals surface area contributed by atoms with E-state index in [1.54, 1.807) is 0 Å². The second-order valence-electron chi connectivity index (χ2n) is 3.31. The van der Waals surface area contributed by atoms with Gasteiger partial charge in [0.25, 0.3) is 0 Å². The van der Waals surface area contributed by atoms with Crippen LogP contribution in [0.4, 0.5) is 0 Å². The number of thiol groups is 1. The Labute approximate surface area is 90.9 Å². The van der Waals surface area contributed by atoms with Crippen molar-refractivity contribution in [2.24, 2.45) is 7.05 Å². The van der Waals surface area contributed by atoms with Gasteiger partial charge in [-0.05, 0) is 7.05 Å². The highest BCUT2D eigenvalue weighted by molar-refractivity contribution is 7.80. The molecule has 0 unspecified atom stereocenters. The predicted octanol–water partition coefficient (Wildman–Crippen LogP) is 1.34.